The standard InChI is InChI=1S/C13H16ClN3OS2/c1-2-17(7-9-3-4-11(14)20-9)13(18)10-8-19-12(16-10)5-6-15/h3-4,8H,2,5-7,15H2,1H3. The van der Waals surface area contributed by atoms with Gasteiger partial charge in [0.05, 0.1) is 15.9 Å². The molecule has 0 saturated heterocycles. The molecule has 2 rings (SSSR count). The van der Waals surface area contributed by atoms with Crippen molar-refractivity contribution in [3.63, 3.8) is 0 Å². The van der Waals surface area contributed by atoms with Crippen LogP contribution in [0.1, 0.15) is 27.3 Å². The van der Waals surface area contributed by atoms with Crippen LogP contribution in [0.4, 0.5) is 0 Å². The number of thiazole rings is 1. The van der Waals surface area contributed by atoms with Crippen molar-refractivity contribution >= 4 is 40.2 Å². The van der Waals surface area contributed by atoms with Gasteiger partial charge in [0.1, 0.15) is 5.69 Å². The lowest BCUT2D eigenvalue weighted by Gasteiger charge is -2.18. The first-order chi connectivity index (χ1) is 9.63. The van der Waals surface area contributed by atoms with E-state index in [0.717, 1.165) is 14.2 Å². The van der Waals surface area contributed by atoms with Crippen LogP contribution in [0.25, 0.3) is 0 Å². The molecule has 7 heteroatoms. The minimum atomic E-state index is -0.0449. The summed E-state index contributed by atoms with van der Waals surface area (Å²) in [7, 11) is 0. The van der Waals surface area contributed by atoms with Gasteiger partial charge < -0.3 is 10.6 Å². The first-order valence-electron chi connectivity index (χ1n) is 6.32. The monoisotopic (exact) mass is 329 g/mol. The summed E-state index contributed by atoms with van der Waals surface area (Å²) >= 11 is 8.89. The lowest BCUT2D eigenvalue weighted by atomic mass is 10.3. The van der Waals surface area contributed by atoms with Crippen molar-refractivity contribution < 1.29 is 4.79 Å². The van der Waals surface area contributed by atoms with Crippen LogP contribution in [-0.4, -0.2) is 28.9 Å². The van der Waals surface area contributed by atoms with Gasteiger partial charge in [0.15, 0.2) is 0 Å². The van der Waals surface area contributed by atoms with Crippen LogP contribution in [0.15, 0.2) is 17.5 Å². The van der Waals surface area contributed by atoms with Gasteiger partial charge in [-0.2, -0.15) is 0 Å². The highest BCUT2D eigenvalue weighted by Gasteiger charge is 2.18. The van der Waals surface area contributed by atoms with Crippen molar-refractivity contribution in [1.82, 2.24) is 9.88 Å². The number of thiophene rings is 1. The highest BCUT2D eigenvalue weighted by Crippen LogP contribution is 2.23. The van der Waals surface area contributed by atoms with Gasteiger partial charge in [0.2, 0.25) is 0 Å². The van der Waals surface area contributed by atoms with E-state index in [4.69, 9.17) is 17.3 Å². The molecule has 2 N–H and O–H groups in total. The third-order valence-electron chi connectivity index (χ3n) is 2.77. The molecule has 0 bridgehead atoms. The molecule has 0 radical (unpaired) electrons. The zero-order chi connectivity index (χ0) is 14.5. The van der Waals surface area contributed by atoms with E-state index in [1.165, 1.54) is 22.7 Å². The molecular weight excluding hydrogens is 314 g/mol. The van der Waals surface area contributed by atoms with Gasteiger partial charge in [0.25, 0.3) is 5.91 Å². The van der Waals surface area contributed by atoms with Gasteiger partial charge in [-0.15, -0.1) is 22.7 Å². The Morgan fingerprint density at radius 2 is 2.30 bits per heavy atom. The zero-order valence-electron chi connectivity index (χ0n) is 11.1. The van der Waals surface area contributed by atoms with Crippen LogP contribution < -0.4 is 5.73 Å². The number of aromatic nitrogens is 1. The summed E-state index contributed by atoms with van der Waals surface area (Å²) in [5.41, 5.74) is 6.00. The molecule has 0 aliphatic rings. The van der Waals surface area contributed by atoms with Crippen molar-refractivity contribution in [3.8, 4) is 0 Å². The molecule has 0 fully saturated rings. The highest BCUT2D eigenvalue weighted by molar-refractivity contribution is 7.16. The second kappa shape index (κ2) is 7.17. The van der Waals surface area contributed by atoms with E-state index in [-0.39, 0.29) is 5.91 Å². The smallest absolute Gasteiger partial charge is 0.273 e. The minimum Gasteiger partial charge on any atom is -0.332 e. The number of nitrogens with zero attached hydrogens (tertiary/aromatic N) is 2. The SMILES string of the molecule is CCN(Cc1ccc(Cl)s1)C(=O)c1csc(CCN)n1. The van der Waals surface area contributed by atoms with Crippen molar-refractivity contribution in [3.05, 3.63) is 37.4 Å². The van der Waals surface area contributed by atoms with E-state index in [2.05, 4.69) is 4.98 Å². The average Bonchev–Trinajstić information content (AvgIpc) is 3.05. The number of nitrogens with two attached hydrogens (primary N) is 1. The Morgan fingerprint density at radius 1 is 1.50 bits per heavy atom. The molecule has 2 heterocycles. The number of amides is 1. The number of halogens is 1. The Labute approximate surface area is 131 Å². The van der Waals surface area contributed by atoms with E-state index in [1.54, 1.807) is 10.3 Å². The Balaban J connectivity index is 2.07. The summed E-state index contributed by atoms with van der Waals surface area (Å²) in [6.07, 6.45) is 0.713. The lowest BCUT2D eigenvalue weighted by molar-refractivity contribution is 0.0749. The normalized spacial score (nSPS) is 10.8. The number of carbonyl (C=O) groups excluding carboxylic acids is 1. The van der Waals surface area contributed by atoms with Crippen molar-refractivity contribution in [2.45, 2.75) is 19.9 Å². The summed E-state index contributed by atoms with van der Waals surface area (Å²) < 4.78 is 0.738. The van der Waals surface area contributed by atoms with Crippen LogP contribution in [0.5, 0.6) is 0 Å². The largest absolute Gasteiger partial charge is 0.332 e. The predicted molar refractivity (Wildman–Crippen MR) is 84.6 cm³/mol. The maximum Gasteiger partial charge on any atom is 0.273 e. The summed E-state index contributed by atoms with van der Waals surface area (Å²) in [4.78, 5) is 19.6. The summed E-state index contributed by atoms with van der Waals surface area (Å²) in [5, 5.41) is 2.71. The Hall–Kier alpha value is -0.950. The zero-order valence-corrected chi connectivity index (χ0v) is 13.5. The van der Waals surface area contributed by atoms with Gasteiger partial charge >= 0.3 is 0 Å². The van der Waals surface area contributed by atoms with Crippen LogP contribution in [0.3, 0.4) is 0 Å². The van der Waals surface area contributed by atoms with Gasteiger partial charge in [-0.3, -0.25) is 4.79 Å². The molecule has 0 aromatic carbocycles. The molecule has 2 aromatic heterocycles. The Kier molecular flexibility index (Phi) is 5.54. The van der Waals surface area contributed by atoms with E-state index >= 15 is 0 Å². The molecular formula is C13H16ClN3OS2. The molecule has 2 aromatic rings. The Bertz CT molecular complexity index is 582. The number of hydrogen-bond donors (Lipinski definition) is 1. The molecule has 0 unspecified atom stereocenters. The van der Waals surface area contributed by atoms with Gasteiger partial charge in [-0.25, -0.2) is 4.98 Å². The quantitative estimate of drug-likeness (QED) is 0.886. The van der Waals surface area contributed by atoms with E-state index in [0.29, 0.717) is 31.7 Å². The second-order valence-corrected chi connectivity index (χ2v) is 6.93. The number of rotatable bonds is 6. The first-order valence-corrected chi connectivity index (χ1v) is 8.39. The fraction of sp³-hybridized carbons (Fsp3) is 0.385. The van der Waals surface area contributed by atoms with Gasteiger partial charge in [-0.05, 0) is 25.6 Å². The van der Waals surface area contributed by atoms with Crippen LogP contribution in [-0.2, 0) is 13.0 Å². The summed E-state index contributed by atoms with van der Waals surface area (Å²) in [5.74, 6) is -0.0449. The van der Waals surface area contributed by atoms with Crippen molar-refractivity contribution in [2.75, 3.05) is 13.1 Å². The van der Waals surface area contributed by atoms with E-state index in [9.17, 15) is 4.79 Å². The van der Waals surface area contributed by atoms with Crippen LogP contribution in [0.2, 0.25) is 4.34 Å². The first kappa shape index (κ1) is 15.4. The number of carbonyl (C=O) groups is 1. The summed E-state index contributed by atoms with van der Waals surface area (Å²) in [6.45, 7) is 3.71. The van der Waals surface area contributed by atoms with E-state index in [1.807, 2.05) is 19.1 Å². The van der Waals surface area contributed by atoms with Crippen LogP contribution >= 0.6 is 34.3 Å². The van der Waals surface area contributed by atoms with E-state index < -0.39 is 0 Å². The predicted octanol–water partition coefficient (Wildman–Crippen LogP) is 3.02. The molecule has 0 spiro atoms. The molecule has 4 nitrogen and oxygen atoms in total. The third kappa shape index (κ3) is 3.79. The molecule has 1 amide bonds. The lowest BCUT2D eigenvalue weighted by Crippen LogP contribution is -2.30. The fourth-order valence-electron chi connectivity index (χ4n) is 1.76. The molecule has 0 atom stereocenters. The summed E-state index contributed by atoms with van der Waals surface area (Å²) in [6, 6.07) is 3.80. The molecule has 0 aliphatic heterocycles. The van der Waals surface area contributed by atoms with Crippen LogP contribution in [0, 0.1) is 0 Å². The second-order valence-electron chi connectivity index (χ2n) is 4.19. The van der Waals surface area contributed by atoms with Crippen molar-refractivity contribution in [2.24, 2.45) is 5.73 Å². The highest BCUT2D eigenvalue weighted by atomic mass is 35.5. The van der Waals surface area contributed by atoms with Crippen molar-refractivity contribution in [1.29, 1.82) is 0 Å². The van der Waals surface area contributed by atoms with Gasteiger partial charge in [0, 0.05) is 23.2 Å². The fourth-order valence-corrected chi connectivity index (χ4v) is 3.65. The minimum absolute atomic E-state index is 0.0449. The molecule has 108 valence electrons. The molecule has 0 saturated carbocycles. The average molecular weight is 330 g/mol. The van der Waals surface area contributed by atoms with Gasteiger partial charge in [-0.1, -0.05) is 11.6 Å². The molecule has 20 heavy (non-hydrogen) atoms. The topological polar surface area (TPSA) is 59.2 Å². The third-order valence-corrected chi connectivity index (χ3v) is 4.90. The molecule has 0 aliphatic carbocycles. The maximum absolute atomic E-state index is 12.4. The Morgan fingerprint density at radius 3 is 2.90 bits per heavy atom. The number of hydrogen-bond acceptors (Lipinski definition) is 5. The maximum atomic E-state index is 12.4.